The first-order valence-electron chi connectivity index (χ1n) is 5.45. The Labute approximate surface area is 96.1 Å². The first kappa shape index (κ1) is 10.8. The molecular formula is C14H16N2. The molecule has 0 aliphatic heterocycles. The Kier molecular flexibility index (Phi) is 2.27. The average molecular weight is 212 g/mol. The van der Waals surface area contributed by atoms with Gasteiger partial charge in [-0.05, 0) is 6.07 Å². The molecule has 2 aromatic rings. The molecule has 16 heavy (non-hydrogen) atoms. The van der Waals surface area contributed by atoms with Gasteiger partial charge in [-0.3, -0.25) is 0 Å². The van der Waals surface area contributed by atoms with Crippen LogP contribution in [0.25, 0.3) is 10.9 Å². The highest BCUT2D eigenvalue weighted by Crippen LogP contribution is 2.32. The van der Waals surface area contributed by atoms with E-state index in [0.717, 1.165) is 22.2 Å². The summed E-state index contributed by atoms with van der Waals surface area (Å²) in [5.41, 5.74) is 3.03. The van der Waals surface area contributed by atoms with Crippen molar-refractivity contribution in [1.82, 2.24) is 4.57 Å². The van der Waals surface area contributed by atoms with Crippen LogP contribution >= 0.6 is 0 Å². The molecule has 0 aliphatic rings. The highest BCUT2D eigenvalue weighted by Gasteiger charge is 2.24. The van der Waals surface area contributed by atoms with Gasteiger partial charge in [0.05, 0.1) is 5.56 Å². The second kappa shape index (κ2) is 3.38. The van der Waals surface area contributed by atoms with Crippen molar-refractivity contribution >= 4 is 10.9 Å². The van der Waals surface area contributed by atoms with Crippen molar-refractivity contribution in [3.8, 4) is 6.07 Å². The molecule has 82 valence electrons. The summed E-state index contributed by atoms with van der Waals surface area (Å²) in [7, 11) is 2.03. The lowest BCUT2D eigenvalue weighted by atomic mass is 9.89. The van der Waals surface area contributed by atoms with E-state index >= 15 is 0 Å². The van der Waals surface area contributed by atoms with Gasteiger partial charge >= 0.3 is 0 Å². The van der Waals surface area contributed by atoms with Crippen LogP contribution in [0.4, 0.5) is 0 Å². The molecule has 1 aromatic carbocycles. The Balaban J connectivity index is 2.95. The van der Waals surface area contributed by atoms with Gasteiger partial charge in [-0.2, -0.15) is 5.26 Å². The van der Waals surface area contributed by atoms with Crippen molar-refractivity contribution < 1.29 is 0 Å². The number of aromatic nitrogens is 1. The highest BCUT2D eigenvalue weighted by atomic mass is 15.0. The highest BCUT2D eigenvalue weighted by molar-refractivity contribution is 5.88. The third kappa shape index (κ3) is 1.40. The Morgan fingerprint density at radius 2 is 1.81 bits per heavy atom. The Morgan fingerprint density at radius 3 is 2.38 bits per heavy atom. The third-order valence-corrected chi connectivity index (χ3v) is 2.93. The lowest BCUT2D eigenvalue weighted by Crippen LogP contribution is -2.17. The van der Waals surface area contributed by atoms with Gasteiger partial charge in [0.15, 0.2) is 0 Å². The quantitative estimate of drug-likeness (QED) is 0.658. The zero-order chi connectivity index (χ0) is 11.9. The second-order valence-corrected chi connectivity index (χ2v) is 5.16. The molecule has 0 N–H and O–H groups in total. The average Bonchev–Trinajstić information content (AvgIpc) is 2.51. The minimum atomic E-state index is -0.0150. The molecule has 2 rings (SSSR count). The first-order chi connectivity index (χ1) is 7.46. The number of para-hydroxylation sites is 1. The normalized spacial score (nSPS) is 11.7. The maximum Gasteiger partial charge on any atom is 0.102 e. The molecule has 1 aromatic heterocycles. The van der Waals surface area contributed by atoms with Crippen molar-refractivity contribution in [3.63, 3.8) is 0 Å². The fourth-order valence-electron chi connectivity index (χ4n) is 2.38. The van der Waals surface area contributed by atoms with E-state index in [1.54, 1.807) is 0 Å². The van der Waals surface area contributed by atoms with Gasteiger partial charge in [-0.25, -0.2) is 0 Å². The van der Waals surface area contributed by atoms with Gasteiger partial charge in [0.25, 0.3) is 0 Å². The van der Waals surface area contributed by atoms with E-state index < -0.39 is 0 Å². The van der Waals surface area contributed by atoms with Crippen molar-refractivity contribution in [2.24, 2.45) is 7.05 Å². The van der Waals surface area contributed by atoms with Crippen LogP contribution in [0.3, 0.4) is 0 Å². The van der Waals surface area contributed by atoms with Crippen molar-refractivity contribution in [2.75, 3.05) is 0 Å². The summed E-state index contributed by atoms with van der Waals surface area (Å²) in [6.45, 7) is 6.42. The number of nitrogens with zero attached hydrogens (tertiary/aromatic N) is 2. The van der Waals surface area contributed by atoms with Crippen molar-refractivity contribution in [3.05, 3.63) is 35.5 Å². The van der Waals surface area contributed by atoms with E-state index in [1.807, 2.05) is 25.2 Å². The van der Waals surface area contributed by atoms with Crippen molar-refractivity contribution in [1.29, 1.82) is 5.26 Å². The number of hydrogen-bond acceptors (Lipinski definition) is 1. The second-order valence-electron chi connectivity index (χ2n) is 5.16. The van der Waals surface area contributed by atoms with Gasteiger partial charge in [0.1, 0.15) is 6.07 Å². The maximum atomic E-state index is 9.33. The molecule has 0 unspecified atom stereocenters. The van der Waals surface area contributed by atoms with Crippen LogP contribution in [0.2, 0.25) is 0 Å². The predicted molar refractivity (Wildman–Crippen MR) is 66.3 cm³/mol. The fourth-order valence-corrected chi connectivity index (χ4v) is 2.38. The van der Waals surface area contributed by atoms with Gasteiger partial charge < -0.3 is 4.57 Å². The van der Waals surface area contributed by atoms with E-state index in [4.69, 9.17) is 0 Å². The largest absolute Gasteiger partial charge is 0.346 e. The maximum absolute atomic E-state index is 9.33. The number of aryl methyl sites for hydroxylation is 1. The molecule has 0 amide bonds. The van der Waals surface area contributed by atoms with Crippen LogP contribution in [0, 0.1) is 11.3 Å². The molecule has 1 heterocycles. The molecule has 0 aliphatic carbocycles. The lowest BCUT2D eigenvalue weighted by Gasteiger charge is -2.20. The van der Waals surface area contributed by atoms with Crippen LogP contribution in [0.1, 0.15) is 32.0 Å². The van der Waals surface area contributed by atoms with Gasteiger partial charge in [0.2, 0.25) is 0 Å². The van der Waals surface area contributed by atoms with Crippen LogP contribution < -0.4 is 0 Å². The first-order valence-corrected chi connectivity index (χ1v) is 5.45. The molecule has 0 bridgehead atoms. The van der Waals surface area contributed by atoms with Crippen LogP contribution in [-0.4, -0.2) is 4.57 Å². The summed E-state index contributed by atoms with van der Waals surface area (Å²) in [6, 6.07) is 10.4. The molecular weight excluding hydrogens is 196 g/mol. The Hall–Kier alpha value is -1.75. The van der Waals surface area contributed by atoms with Crippen molar-refractivity contribution in [2.45, 2.75) is 26.2 Å². The number of nitriles is 1. The summed E-state index contributed by atoms with van der Waals surface area (Å²) in [5, 5.41) is 10.4. The summed E-state index contributed by atoms with van der Waals surface area (Å²) in [4.78, 5) is 0. The summed E-state index contributed by atoms with van der Waals surface area (Å²) < 4.78 is 2.13. The molecule has 0 saturated heterocycles. The SMILES string of the molecule is Cn1c(C(C)(C)C)c(C#N)c2ccccc21. The third-order valence-electron chi connectivity index (χ3n) is 2.93. The topological polar surface area (TPSA) is 28.7 Å². The molecule has 0 saturated carbocycles. The summed E-state index contributed by atoms with van der Waals surface area (Å²) in [6.07, 6.45) is 0. The Morgan fingerprint density at radius 1 is 1.19 bits per heavy atom. The number of hydrogen-bond donors (Lipinski definition) is 0. The standard InChI is InChI=1S/C14H16N2/c1-14(2,3)13-11(9-15)10-7-5-6-8-12(10)16(13)4/h5-8H,1-4H3. The Bertz CT molecular complexity index is 577. The molecule has 0 atom stereocenters. The molecule has 2 heteroatoms. The van der Waals surface area contributed by atoms with Gasteiger partial charge in [-0.1, -0.05) is 39.0 Å². The lowest BCUT2D eigenvalue weighted by molar-refractivity contribution is 0.545. The van der Waals surface area contributed by atoms with Gasteiger partial charge in [-0.15, -0.1) is 0 Å². The molecule has 2 nitrogen and oxygen atoms in total. The minimum Gasteiger partial charge on any atom is -0.346 e. The molecule has 0 spiro atoms. The van der Waals surface area contributed by atoms with Gasteiger partial charge in [0, 0.05) is 29.1 Å². The smallest absolute Gasteiger partial charge is 0.102 e. The van der Waals surface area contributed by atoms with E-state index in [-0.39, 0.29) is 5.41 Å². The van der Waals surface area contributed by atoms with Crippen LogP contribution in [0.15, 0.2) is 24.3 Å². The van der Waals surface area contributed by atoms with E-state index in [0.29, 0.717) is 0 Å². The van der Waals surface area contributed by atoms with E-state index in [9.17, 15) is 5.26 Å². The zero-order valence-electron chi connectivity index (χ0n) is 10.2. The zero-order valence-corrected chi connectivity index (χ0v) is 10.2. The summed E-state index contributed by atoms with van der Waals surface area (Å²) in [5.74, 6) is 0. The minimum absolute atomic E-state index is 0.0150. The number of rotatable bonds is 0. The monoisotopic (exact) mass is 212 g/mol. The van der Waals surface area contributed by atoms with Crippen LogP contribution in [-0.2, 0) is 12.5 Å². The summed E-state index contributed by atoms with van der Waals surface area (Å²) >= 11 is 0. The fraction of sp³-hybridized carbons (Fsp3) is 0.357. The number of benzene rings is 1. The van der Waals surface area contributed by atoms with E-state index in [2.05, 4.69) is 37.5 Å². The molecule has 0 radical (unpaired) electrons. The van der Waals surface area contributed by atoms with E-state index in [1.165, 1.54) is 0 Å². The predicted octanol–water partition coefficient (Wildman–Crippen LogP) is 3.35. The van der Waals surface area contributed by atoms with Crippen LogP contribution in [0.5, 0.6) is 0 Å². The number of fused-ring (bicyclic) bond motifs is 1. The molecule has 0 fully saturated rings.